The van der Waals surface area contributed by atoms with E-state index < -0.39 is 45.1 Å². The zero-order valence-corrected chi connectivity index (χ0v) is 14.5. The average molecular weight is 412 g/mol. The molecule has 0 unspecified atom stereocenters. The van der Waals surface area contributed by atoms with Crippen LogP contribution >= 0.6 is 0 Å². The van der Waals surface area contributed by atoms with E-state index in [0.29, 0.717) is 6.07 Å². The van der Waals surface area contributed by atoms with Crippen molar-refractivity contribution in [3.05, 3.63) is 70.5 Å². The first-order chi connectivity index (χ1) is 12.3. The summed E-state index contributed by atoms with van der Waals surface area (Å²) in [6.45, 7) is 1.43. The normalized spacial score (nSPS) is 14.8. The highest BCUT2D eigenvalue weighted by atomic mass is 32.2. The Kier molecular flexibility index (Phi) is 5.88. The van der Waals surface area contributed by atoms with E-state index in [-0.39, 0.29) is 16.7 Å². The first-order valence-corrected chi connectivity index (χ1v) is 8.86. The molecule has 0 aromatic heterocycles. The Balaban J connectivity index is 2.58. The van der Waals surface area contributed by atoms with Gasteiger partial charge in [-0.3, -0.25) is 0 Å². The molecule has 3 N–H and O–H groups in total. The van der Waals surface area contributed by atoms with Gasteiger partial charge in [0.2, 0.25) is 0 Å². The van der Waals surface area contributed by atoms with Crippen molar-refractivity contribution in [3.8, 4) is 0 Å². The largest absolute Gasteiger partial charge is 0.511 e. The van der Waals surface area contributed by atoms with Crippen LogP contribution in [0.5, 0.6) is 0 Å². The van der Waals surface area contributed by atoms with E-state index in [2.05, 4.69) is 0 Å². The molecule has 2 atom stereocenters. The van der Waals surface area contributed by atoms with Crippen LogP contribution in [0.4, 0.5) is 26.3 Å². The first kappa shape index (κ1) is 21.2. The summed E-state index contributed by atoms with van der Waals surface area (Å²) in [6, 6.07) is 1.57. The Hall–Kier alpha value is -2.11. The molecule has 0 heterocycles. The predicted molar refractivity (Wildman–Crippen MR) is 85.3 cm³/mol. The maximum Gasteiger partial charge on any atom is 0.511 e. The number of benzene rings is 2. The Morgan fingerprint density at radius 3 is 1.85 bits per heavy atom. The second-order valence-corrected chi connectivity index (χ2v) is 7.54. The van der Waals surface area contributed by atoms with Gasteiger partial charge >= 0.3 is 15.5 Å². The number of sulfonamides is 1. The molecule has 0 aliphatic rings. The van der Waals surface area contributed by atoms with Crippen LogP contribution in [-0.2, 0) is 10.0 Å². The van der Waals surface area contributed by atoms with Crippen LogP contribution in [0.2, 0.25) is 0 Å². The minimum atomic E-state index is -5.88. The highest BCUT2D eigenvalue weighted by Gasteiger charge is 2.47. The lowest BCUT2D eigenvalue weighted by atomic mass is 9.93. The predicted octanol–water partition coefficient (Wildman–Crippen LogP) is 3.59. The summed E-state index contributed by atoms with van der Waals surface area (Å²) >= 11 is 0. The standard InChI is InChI=1S/C16H14F6N2O2S/c1-8-2-10(6-11(17)3-8)15(24-27(25,26)16(20,21)22)14(23)9-4-12(18)7-13(19)5-9/h2-7,14-15,24H,23H2,1H3/t14-,15-/m1/s1. The SMILES string of the molecule is Cc1cc(F)cc([C@@H](NS(=O)(=O)C(F)(F)F)[C@H](N)c2cc(F)cc(F)c2)c1. The fraction of sp³-hybridized carbons (Fsp3) is 0.250. The number of rotatable bonds is 5. The molecule has 0 spiro atoms. The molecule has 2 aromatic rings. The molecule has 148 valence electrons. The quantitative estimate of drug-likeness (QED) is 0.738. The van der Waals surface area contributed by atoms with E-state index in [9.17, 15) is 34.8 Å². The van der Waals surface area contributed by atoms with E-state index >= 15 is 0 Å². The van der Waals surface area contributed by atoms with Crippen molar-refractivity contribution in [1.29, 1.82) is 0 Å². The van der Waals surface area contributed by atoms with Crippen LogP contribution in [-0.4, -0.2) is 13.9 Å². The Morgan fingerprint density at radius 1 is 0.889 bits per heavy atom. The van der Waals surface area contributed by atoms with E-state index in [0.717, 1.165) is 24.3 Å². The molecule has 0 bridgehead atoms. The number of alkyl halides is 3. The number of nitrogens with two attached hydrogens (primary N) is 1. The number of hydrogen-bond acceptors (Lipinski definition) is 3. The summed E-state index contributed by atoms with van der Waals surface area (Å²) in [6.07, 6.45) is 0. The lowest BCUT2D eigenvalue weighted by Gasteiger charge is -2.26. The molecule has 0 aliphatic heterocycles. The summed E-state index contributed by atoms with van der Waals surface area (Å²) < 4.78 is 103. The minimum absolute atomic E-state index is 0.238. The van der Waals surface area contributed by atoms with Crippen molar-refractivity contribution in [1.82, 2.24) is 4.72 Å². The van der Waals surface area contributed by atoms with Crippen molar-refractivity contribution >= 4 is 10.0 Å². The number of hydrogen-bond donors (Lipinski definition) is 2. The lowest BCUT2D eigenvalue weighted by Crippen LogP contribution is -2.42. The maximum absolute atomic E-state index is 13.7. The molecule has 11 heteroatoms. The van der Waals surface area contributed by atoms with Crippen LogP contribution in [0.25, 0.3) is 0 Å². The summed E-state index contributed by atoms with van der Waals surface area (Å²) in [5.41, 5.74) is -0.134. The number of nitrogens with one attached hydrogen (secondary N) is 1. The van der Waals surface area contributed by atoms with Crippen LogP contribution in [0.15, 0.2) is 36.4 Å². The Bertz CT molecular complexity index is 906. The molecular formula is C16H14F6N2O2S. The van der Waals surface area contributed by atoms with Gasteiger partial charge in [0.15, 0.2) is 0 Å². The summed E-state index contributed by atoms with van der Waals surface area (Å²) in [5, 5.41) is 0. The zero-order chi connectivity index (χ0) is 20.6. The first-order valence-electron chi connectivity index (χ1n) is 7.37. The fourth-order valence-electron chi connectivity index (χ4n) is 2.49. The van der Waals surface area contributed by atoms with Gasteiger partial charge in [-0.25, -0.2) is 21.6 Å². The second kappa shape index (κ2) is 7.49. The van der Waals surface area contributed by atoms with Gasteiger partial charge in [-0.05, 0) is 47.9 Å². The molecule has 27 heavy (non-hydrogen) atoms. The molecule has 0 radical (unpaired) electrons. The highest BCUT2D eigenvalue weighted by molar-refractivity contribution is 7.90. The van der Waals surface area contributed by atoms with E-state index in [1.165, 1.54) is 17.7 Å². The third kappa shape index (κ3) is 4.99. The smallest absolute Gasteiger partial charge is 0.322 e. The topological polar surface area (TPSA) is 72.2 Å². The number of halogens is 6. The van der Waals surface area contributed by atoms with E-state index in [4.69, 9.17) is 5.73 Å². The molecule has 0 amide bonds. The van der Waals surface area contributed by atoms with Crippen molar-refractivity contribution in [2.45, 2.75) is 24.5 Å². The van der Waals surface area contributed by atoms with Crippen molar-refractivity contribution in [2.75, 3.05) is 0 Å². The summed E-state index contributed by atoms with van der Waals surface area (Å²) in [7, 11) is -5.88. The van der Waals surface area contributed by atoms with Gasteiger partial charge in [0.05, 0.1) is 12.1 Å². The third-order valence-electron chi connectivity index (χ3n) is 3.64. The van der Waals surface area contributed by atoms with Gasteiger partial charge in [0, 0.05) is 6.07 Å². The average Bonchev–Trinajstić information content (AvgIpc) is 2.49. The monoisotopic (exact) mass is 412 g/mol. The van der Waals surface area contributed by atoms with Gasteiger partial charge in [0.1, 0.15) is 17.5 Å². The van der Waals surface area contributed by atoms with Crippen molar-refractivity contribution < 1.29 is 34.8 Å². The molecule has 0 fully saturated rings. The van der Waals surface area contributed by atoms with Crippen LogP contribution in [0, 0.1) is 24.4 Å². The second-order valence-electron chi connectivity index (χ2n) is 5.84. The van der Waals surface area contributed by atoms with Crippen molar-refractivity contribution in [2.24, 2.45) is 5.73 Å². The molecule has 2 aromatic carbocycles. The highest BCUT2D eigenvalue weighted by Crippen LogP contribution is 2.32. The molecule has 2 rings (SSSR count). The van der Waals surface area contributed by atoms with E-state index in [1.807, 2.05) is 0 Å². The van der Waals surface area contributed by atoms with Gasteiger partial charge in [-0.2, -0.15) is 17.9 Å². The summed E-state index contributed by atoms with van der Waals surface area (Å²) in [5.74, 6) is -2.97. The van der Waals surface area contributed by atoms with Crippen LogP contribution in [0.1, 0.15) is 28.8 Å². The minimum Gasteiger partial charge on any atom is -0.322 e. The molecule has 4 nitrogen and oxygen atoms in total. The molecular weight excluding hydrogens is 398 g/mol. The zero-order valence-electron chi connectivity index (χ0n) is 13.7. The molecule has 0 saturated heterocycles. The summed E-state index contributed by atoms with van der Waals surface area (Å²) in [4.78, 5) is 0. The van der Waals surface area contributed by atoms with E-state index in [1.54, 1.807) is 0 Å². The fourth-order valence-corrected chi connectivity index (χ4v) is 3.24. The Labute approximate surface area is 151 Å². The molecule has 0 aliphatic carbocycles. The number of aryl methyl sites for hydroxylation is 1. The third-order valence-corrected chi connectivity index (χ3v) is 4.81. The van der Waals surface area contributed by atoms with Gasteiger partial charge in [-0.1, -0.05) is 6.07 Å². The van der Waals surface area contributed by atoms with Crippen LogP contribution < -0.4 is 10.5 Å². The van der Waals surface area contributed by atoms with Crippen LogP contribution in [0.3, 0.4) is 0 Å². The van der Waals surface area contributed by atoms with Gasteiger partial charge < -0.3 is 5.73 Å². The van der Waals surface area contributed by atoms with Crippen molar-refractivity contribution in [3.63, 3.8) is 0 Å². The van der Waals surface area contributed by atoms with Gasteiger partial charge in [0.25, 0.3) is 0 Å². The molecule has 0 saturated carbocycles. The van der Waals surface area contributed by atoms with Gasteiger partial charge in [-0.15, -0.1) is 0 Å². The maximum atomic E-state index is 13.7. The lowest BCUT2D eigenvalue weighted by molar-refractivity contribution is -0.0451. The Morgan fingerprint density at radius 2 is 1.37 bits per heavy atom.